The SMILES string of the molecule is C[N+](C)(C)CCO.O=P([O-])([O-])[O-].[Cl-].[Fe+3]. The van der Waals surface area contributed by atoms with Gasteiger partial charge >= 0.3 is 17.1 Å². The Kier molecular flexibility index (Phi) is 17.9. The summed E-state index contributed by atoms with van der Waals surface area (Å²) in [5, 5.41) is 8.39. The second-order valence-electron chi connectivity index (χ2n) is 3.18. The monoisotopic (exact) mass is 290 g/mol. The maximum atomic E-state index is 8.55. The van der Waals surface area contributed by atoms with Crippen LogP contribution in [0.15, 0.2) is 0 Å². The maximum absolute atomic E-state index is 8.55. The Balaban J connectivity index is -0.0000000651. The number of quaternary nitrogens is 1. The van der Waals surface area contributed by atoms with Crippen molar-refractivity contribution in [3.8, 4) is 0 Å². The predicted octanol–water partition coefficient (Wildman–Crippen LogP) is -6.14. The quantitative estimate of drug-likeness (QED) is 0.309. The Morgan fingerprint density at radius 2 is 1.43 bits per heavy atom. The van der Waals surface area contributed by atoms with E-state index in [1.54, 1.807) is 0 Å². The van der Waals surface area contributed by atoms with Gasteiger partial charge in [-0.1, -0.05) is 0 Å². The second kappa shape index (κ2) is 10.4. The fourth-order valence-electron chi connectivity index (χ4n) is 0.300. The molecule has 0 atom stereocenters. The number of nitrogens with zero attached hydrogens (tertiary/aromatic N) is 1. The third-order valence-corrected chi connectivity index (χ3v) is 0.771. The molecule has 1 N–H and O–H groups in total. The zero-order valence-corrected chi connectivity index (χ0v) is 10.9. The van der Waals surface area contributed by atoms with Gasteiger partial charge in [0.25, 0.3) is 0 Å². The molecular formula is C5H14ClFeNO5P. The van der Waals surface area contributed by atoms with Crippen molar-refractivity contribution in [2.24, 2.45) is 0 Å². The molecule has 0 saturated heterocycles. The van der Waals surface area contributed by atoms with Crippen LogP contribution in [0, 0.1) is 0 Å². The van der Waals surface area contributed by atoms with Gasteiger partial charge in [0.2, 0.25) is 0 Å². The van der Waals surface area contributed by atoms with Crippen molar-refractivity contribution in [1.29, 1.82) is 0 Å². The van der Waals surface area contributed by atoms with Gasteiger partial charge in [-0.25, -0.2) is 0 Å². The molecule has 0 aromatic heterocycles. The molecule has 89 valence electrons. The molecule has 0 saturated carbocycles. The number of aliphatic hydroxyl groups excluding tert-OH is 1. The van der Waals surface area contributed by atoms with E-state index in [1.807, 2.05) is 0 Å². The van der Waals surface area contributed by atoms with E-state index in [0.717, 1.165) is 11.0 Å². The van der Waals surface area contributed by atoms with Crippen LogP contribution in [0.5, 0.6) is 0 Å². The van der Waals surface area contributed by atoms with Crippen molar-refractivity contribution in [1.82, 2.24) is 0 Å². The first-order valence-corrected chi connectivity index (χ1v) is 4.66. The van der Waals surface area contributed by atoms with Gasteiger partial charge in [0, 0.05) is 0 Å². The Hall–Kier alpha value is 0.839. The Morgan fingerprint density at radius 1 is 1.21 bits per heavy atom. The van der Waals surface area contributed by atoms with E-state index < -0.39 is 7.82 Å². The largest absolute Gasteiger partial charge is 3.00 e. The number of phosphoric acid groups is 1. The standard InChI is InChI=1S/C5H14NO.ClH.Fe.H3O4P/c1-6(2,3)4-5-7;;;1-5(2,3)4/h7H,4-5H2,1-3H3;1H;;(H3,1,2,3,4)/q+1;;+3;/p-4. The van der Waals surface area contributed by atoms with Gasteiger partial charge in [0.1, 0.15) is 6.54 Å². The van der Waals surface area contributed by atoms with Gasteiger partial charge < -0.3 is 41.2 Å². The van der Waals surface area contributed by atoms with E-state index in [1.165, 1.54) is 0 Å². The van der Waals surface area contributed by atoms with E-state index >= 15 is 0 Å². The minimum absolute atomic E-state index is 0. The fourth-order valence-corrected chi connectivity index (χ4v) is 0.300. The van der Waals surface area contributed by atoms with Crippen LogP contribution in [0.3, 0.4) is 0 Å². The summed E-state index contributed by atoms with van der Waals surface area (Å²) < 4.78 is 9.39. The summed E-state index contributed by atoms with van der Waals surface area (Å²) in [6.07, 6.45) is 0. The molecule has 14 heavy (non-hydrogen) atoms. The molecule has 0 amide bonds. The zero-order valence-electron chi connectivity index (χ0n) is 8.12. The van der Waals surface area contributed by atoms with Crippen LogP contribution in [-0.4, -0.2) is 43.9 Å². The van der Waals surface area contributed by atoms with E-state index in [2.05, 4.69) is 21.1 Å². The summed E-state index contributed by atoms with van der Waals surface area (Å²) in [4.78, 5) is 25.6. The number of aliphatic hydroxyl groups is 1. The molecule has 0 spiro atoms. The summed E-state index contributed by atoms with van der Waals surface area (Å²) in [6.45, 7) is 1.11. The molecule has 0 rings (SSSR count). The molecule has 1 radical (unpaired) electrons. The van der Waals surface area contributed by atoms with Gasteiger partial charge in [-0.3, -0.25) is 0 Å². The Bertz CT molecular complexity index is 150. The summed E-state index contributed by atoms with van der Waals surface area (Å²) in [7, 11) is 0.767. The molecule has 0 fully saturated rings. The van der Waals surface area contributed by atoms with Crippen molar-refractivity contribution in [2.75, 3.05) is 34.3 Å². The predicted molar refractivity (Wildman–Crippen MR) is 37.6 cm³/mol. The van der Waals surface area contributed by atoms with E-state index in [4.69, 9.17) is 24.4 Å². The van der Waals surface area contributed by atoms with Crippen molar-refractivity contribution < 1.29 is 58.3 Å². The van der Waals surface area contributed by atoms with Crippen LogP contribution in [0.4, 0.5) is 0 Å². The smallest absolute Gasteiger partial charge is 1.00 e. The number of likely N-dealkylation sites (N-methyl/N-ethyl adjacent to an activating group) is 1. The van der Waals surface area contributed by atoms with Crippen LogP contribution in [-0.2, 0) is 21.6 Å². The summed E-state index contributed by atoms with van der Waals surface area (Å²) >= 11 is 0. The molecule has 0 heterocycles. The molecule has 0 bridgehead atoms. The summed E-state index contributed by atoms with van der Waals surface area (Å²) in [5.41, 5.74) is 0. The molecule has 9 heteroatoms. The molecule has 0 aromatic carbocycles. The van der Waals surface area contributed by atoms with Crippen molar-refractivity contribution in [2.45, 2.75) is 0 Å². The molecule has 0 aliphatic carbocycles. The first-order valence-electron chi connectivity index (χ1n) is 3.20. The van der Waals surface area contributed by atoms with Gasteiger partial charge in [0.15, 0.2) is 0 Å². The molecule has 0 aliphatic rings. The maximum Gasteiger partial charge on any atom is 3.00 e. The average molecular weight is 290 g/mol. The number of hydrogen-bond acceptors (Lipinski definition) is 5. The molecular weight excluding hydrogens is 276 g/mol. The van der Waals surface area contributed by atoms with E-state index in [-0.39, 0.29) is 36.1 Å². The Morgan fingerprint density at radius 3 is 1.43 bits per heavy atom. The van der Waals surface area contributed by atoms with Crippen molar-refractivity contribution in [3.63, 3.8) is 0 Å². The first kappa shape index (κ1) is 24.2. The van der Waals surface area contributed by atoms with Crippen LogP contribution in [0.2, 0.25) is 0 Å². The normalized spacial score (nSPS) is 10.2. The van der Waals surface area contributed by atoms with Crippen LogP contribution >= 0.6 is 7.82 Å². The third-order valence-electron chi connectivity index (χ3n) is 0.771. The Labute approximate surface area is 101 Å². The van der Waals surface area contributed by atoms with Crippen molar-refractivity contribution >= 4 is 7.82 Å². The van der Waals surface area contributed by atoms with Crippen LogP contribution in [0.25, 0.3) is 0 Å². The van der Waals surface area contributed by atoms with Crippen LogP contribution in [0.1, 0.15) is 0 Å². The third kappa shape index (κ3) is 76.8. The number of halogens is 1. The summed E-state index contributed by atoms with van der Waals surface area (Å²) in [5.74, 6) is 0. The molecule has 0 unspecified atom stereocenters. The minimum Gasteiger partial charge on any atom is -1.00 e. The van der Waals surface area contributed by atoms with E-state index in [0.29, 0.717) is 0 Å². The molecule has 0 aliphatic heterocycles. The first-order chi connectivity index (χ1) is 5.06. The number of rotatable bonds is 2. The zero-order chi connectivity index (χ0) is 10.4. The summed E-state index contributed by atoms with van der Waals surface area (Å²) in [6, 6.07) is 0. The molecule has 0 aromatic rings. The second-order valence-corrected chi connectivity index (χ2v) is 4.08. The molecule has 6 nitrogen and oxygen atoms in total. The minimum atomic E-state index is -5.39. The van der Waals surface area contributed by atoms with Gasteiger partial charge in [-0.05, 0) is 0 Å². The van der Waals surface area contributed by atoms with Crippen molar-refractivity contribution in [3.05, 3.63) is 0 Å². The van der Waals surface area contributed by atoms with Gasteiger partial charge in [-0.15, -0.1) is 0 Å². The van der Waals surface area contributed by atoms with Crippen LogP contribution < -0.4 is 27.1 Å². The van der Waals surface area contributed by atoms with Gasteiger partial charge in [0.05, 0.1) is 27.7 Å². The fraction of sp³-hybridized carbons (Fsp3) is 1.00. The average Bonchev–Trinajstić information content (AvgIpc) is 1.54. The number of hydrogen-bond donors (Lipinski definition) is 1. The van der Waals surface area contributed by atoms with E-state index in [9.17, 15) is 0 Å². The topological polar surface area (TPSA) is 106 Å². The van der Waals surface area contributed by atoms with Gasteiger partial charge in [-0.2, -0.15) is 7.82 Å².